The van der Waals surface area contributed by atoms with Gasteiger partial charge in [0.25, 0.3) is 5.91 Å². The summed E-state index contributed by atoms with van der Waals surface area (Å²) in [5.41, 5.74) is 9.43. The van der Waals surface area contributed by atoms with E-state index in [1.54, 1.807) is 66.4 Å². The van der Waals surface area contributed by atoms with Gasteiger partial charge in [0.05, 0.1) is 34.2 Å². The second kappa shape index (κ2) is 8.71. The van der Waals surface area contributed by atoms with Crippen molar-refractivity contribution in [1.29, 1.82) is 0 Å². The topological polar surface area (TPSA) is 82.2 Å². The fourth-order valence-corrected chi connectivity index (χ4v) is 3.39. The largest absolute Gasteiger partial charge is 0.495 e. The molecular formula is C23H18Cl2N4O2. The van der Waals surface area contributed by atoms with Crippen LogP contribution in [0.1, 0.15) is 10.4 Å². The van der Waals surface area contributed by atoms with E-state index in [0.29, 0.717) is 38.6 Å². The zero-order valence-electron chi connectivity index (χ0n) is 16.5. The number of nitrogens with zero attached hydrogens (tertiary/aromatic N) is 2. The van der Waals surface area contributed by atoms with Crippen molar-refractivity contribution < 1.29 is 9.53 Å². The van der Waals surface area contributed by atoms with Crippen LogP contribution in [-0.2, 0) is 0 Å². The predicted molar refractivity (Wildman–Crippen MR) is 124 cm³/mol. The van der Waals surface area contributed by atoms with Gasteiger partial charge in [0.1, 0.15) is 11.6 Å². The first-order valence-electron chi connectivity index (χ1n) is 9.32. The van der Waals surface area contributed by atoms with Crippen molar-refractivity contribution in [1.82, 2.24) is 9.78 Å². The summed E-state index contributed by atoms with van der Waals surface area (Å²) >= 11 is 12.1. The number of para-hydroxylation sites is 2. The maximum Gasteiger partial charge on any atom is 0.255 e. The Kier molecular flexibility index (Phi) is 5.84. The van der Waals surface area contributed by atoms with Gasteiger partial charge in [0.15, 0.2) is 0 Å². The summed E-state index contributed by atoms with van der Waals surface area (Å²) < 4.78 is 6.87. The highest BCUT2D eigenvalue weighted by molar-refractivity contribution is 6.42. The average Bonchev–Trinajstić information content (AvgIpc) is 3.17. The monoisotopic (exact) mass is 452 g/mol. The second-order valence-electron chi connectivity index (χ2n) is 6.70. The van der Waals surface area contributed by atoms with Gasteiger partial charge in [-0.25, -0.2) is 4.68 Å². The van der Waals surface area contributed by atoms with Gasteiger partial charge in [-0.1, -0.05) is 41.4 Å². The fourth-order valence-electron chi connectivity index (χ4n) is 3.10. The molecule has 4 rings (SSSR count). The Labute approximate surface area is 189 Å². The lowest BCUT2D eigenvalue weighted by molar-refractivity contribution is 0.102. The minimum Gasteiger partial charge on any atom is -0.495 e. The highest BCUT2D eigenvalue weighted by atomic mass is 35.5. The van der Waals surface area contributed by atoms with Gasteiger partial charge in [-0.15, -0.1) is 0 Å². The molecule has 31 heavy (non-hydrogen) atoms. The van der Waals surface area contributed by atoms with E-state index in [9.17, 15) is 4.79 Å². The lowest BCUT2D eigenvalue weighted by Gasteiger charge is -2.10. The van der Waals surface area contributed by atoms with Crippen LogP contribution in [0.2, 0.25) is 10.0 Å². The number of methoxy groups -OCH3 is 1. The number of amides is 1. The molecule has 3 aromatic carbocycles. The molecule has 6 nitrogen and oxygen atoms in total. The number of nitrogen functional groups attached to an aromatic ring is 1. The van der Waals surface area contributed by atoms with Crippen LogP contribution >= 0.6 is 23.2 Å². The molecule has 0 atom stereocenters. The molecule has 0 radical (unpaired) electrons. The van der Waals surface area contributed by atoms with E-state index in [0.717, 1.165) is 11.3 Å². The molecule has 156 valence electrons. The Bertz CT molecular complexity index is 1250. The number of nitrogens with two attached hydrogens (primary N) is 1. The Morgan fingerprint density at radius 1 is 1.00 bits per heavy atom. The summed E-state index contributed by atoms with van der Waals surface area (Å²) in [7, 11) is 1.56. The molecule has 1 aromatic heterocycles. The van der Waals surface area contributed by atoms with Crippen LogP contribution in [0.4, 0.5) is 11.5 Å². The summed E-state index contributed by atoms with van der Waals surface area (Å²) in [6.45, 7) is 0. The van der Waals surface area contributed by atoms with E-state index >= 15 is 0 Å². The number of anilines is 2. The van der Waals surface area contributed by atoms with Crippen molar-refractivity contribution in [3.05, 3.63) is 88.4 Å². The third-order valence-electron chi connectivity index (χ3n) is 4.68. The number of carbonyl (C=O) groups excluding carboxylic acids is 1. The zero-order chi connectivity index (χ0) is 22.0. The van der Waals surface area contributed by atoms with Gasteiger partial charge in [0, 0.05) is 17.2 Å². The predicted octanol–water partition coefficient (Wildman–Crippen LogP) is 5.69. The third kappa shape index (κ3) is 4.35. The number of hydrogen-bond acceptors (Lipinski definition) is 4. The van der Waals surface area contributed by atoms with Crippen molar-refractivity contribution >= 4 is 40.6 Å². The van der Waals surface area contributed by atoms with E-state index in [2.05, 4.69) is 10.4 Å². The molecular weight excluding hydrogens is 435 g/mol. The molecule has 8 heteroatoms. The molecule has 0 aliphatic heterocycles. The van der Waals surface area contributed by atoms with Crippen LogP contribution in [0.3, 0.4) is 0 Å². The van der Waals surface area contributed by atoms with Crippen LogP contribution < -0.4 is 15.8 Å². The number of hydrogen-bond donors (Lipinski definition) is 2. The minimum absolute atomic E-state index is 0.249. The highest BCUT2D eigenvalue weighted by Crippen LogP contribution is 2.29. The molecule has 0 spiro atoms. The maximum absolute atomic E-state index is 12.6. The van der Waals surface area contributed by atoms with E-state index in [1.807, 2.05) is 18.2 Å². The summed E-state index contributed by atoms with van der Waals surface area (Å²) in [5.74, 6) is 0.792. The van der Waals surface area contributed by atoms with Crippen LogP contribution in [0.25, 0.3) is 16.9 Å². The van der Waals surface area contributed by atoms with Crippen LogP contribution in [0.5, 0.6) is 5.75 Å². The average molecular weight is 453 g/mol. The van der Waals surface area contributed by atoms with Crippen molar-refractivity contribution in [2.24, 2.45) is 0 Å². The van der Waals surface area contributed by atoms with Gasteiger partial charge in [-0.3, -0.25) is 4.79 Å². The van der Waals surface area contributed by atoms with Crippen molar-refractivity contribution in [3.63, 3.8) is 0 Å². The molecule has 1 amide bonds. The first kappa shape index (κ1) is 20.8. The number of rotatable bonds is 5. The van der Waals surface area contributed by atoms with Crippen molar-refractivity contribution in [3.8, 4) is 22.7 Å². The number of carbonyl (C=O) groups is 1. The quantitative estimate of drug-likeness (QED) is 0.407. The second-order valence-corrected chi connectivity index (χ2v) is 7.51. The van der Waals surface area contributed by atoms with E-state index in [4.69, 9.17) is 33.7 Å². The summed E-state index contributed by atoms with van der Waals surface area (Å²) in [5, 5.41) is 8.32. The first-order chi connectivity index (χ1) is 15.0. The van der Waals surface area contributed by atoms with Crippen LogP contribution in [0, 0.1) is 0 Å². The summed E-state index contributed by atoms with van der Waals surface area (Å²) in [4.78, 5) is 12.6. The minimum atomic E-state index is -0.249. The molecule has 3 N–H and O–H groups in total. The Morgan fingerprint density at radius 2 is 1.74 bits per heavy atom. The highest BCUT2D eigenvalue weighted by Gasteiger charge is 2.13. The van der Waals surface area contributed by atoms with Gasteiger partial charge < -0.3 is 15.8 Å². The molecule has 0 unspecified atom stereocenters. The summed E-state index contributed by atoms with van der Waals surface area (Å²) in [6.07, 6.45) is 0. The van der Waals surface area contributed by atoms with E-state index in [-0.39, 0.29) is 5.91 Å². The number of ether oxygens (including phenoxy) is 1. The van der Waals surface area contributed by atoms with Crippen LogP contribution in [0.15, 0.2) is 72.8 Å². The van der Waals surface area contributed by atoms with Crippen molar-refractivity contribution in [2.75, 3.05) is 18.2 Å². The molecule has 0 saturated carbocycles. The normalized spacial score (nSPS) is 10.7. The number of benzene rings is 3. The Morgan fingerprint density at radius 3 is 2.45 bits per heavy atom. The number of halogens is 2. The molecule has 0 saturated heterocycles. The van der Waals surface area contributed by atoms with Gasteiger partial charge in [-0.2, -0.15) is 5.10 Å². The van der Waals surface area contributed by atoms with Crippen LogP contribution in [-0.4, -0.2) is 22.8 Å². The molecule has 0 fully saturated rings. The number of nitrogens with one attached hydrogen (secondary N) is 1. The molecule has 1 heterocycles. The Balaban J connectivity index is 1.56. The molecule has 0 aliphatic rings. The molecule has 0 aliphatic carbocycles. The lowest BCUT2D eigenvalue weighted by Crippen LogP contribution is -2.12. The molecule has 4 aromatic rings. The molecule has 0 bridgehead atoms. The van der Waals surface area contributed by atoms with Crippen molar-refractivity contribution in [2.45, 2.75) is 0 Å². The third-order valence-corrected chi connectivity index (χ3v) is 5.42. The zero-order valence-corrected chi connectivity index (χ0v) is 18.0. The Hall–Kier alpha value is -3.48. The standard InChI is InChI=1S/C23H18Cl2N4O2/c1-31-21-5-3-2-4-19(21)27-23(30)14-6-9-16(10-7-14)29-22(26)13-20(28-29)15-8-11-17(24)18(25)12-15/h2-13H,26H2,1H3,(H,27,30). The van der Waals surface area contributed by atoms with Gasteiger partial charge in [-0.05, 0) is 48.5 Å². The maximum atomic E-state index is 12.6. The smallest absolute Gasteiger partial charge is 0.255 e. The van der Waals surface area contributed by atoms with E-state index < -0.39 is 0 Å². The number of aromatic nitrogens is 2. The summed E-state index contributed by atoms with van der Waals surface area (Å²) in [6, 6.07) is 21.2. The SMILES string of the molecule is COc1ccccc1NC(=O)c1ccc(-n2nc(-c3ccc(Cl)c(Cl)c3)cc2N)cc1. The fraction of sp³-hybridized carbons (Fsp3) is 0.0435. The first-order valence-corrected chi connectivity index (χ1v) is 10.1. The van der Waals surface area contributed by atoms with Gasteiger partial charge >= 0.3 is 0 Å². The van der Waals surface area contributed by atoms with E-state index in [1.165, 1.54) is 0 Å². The van der Waals surface area contributed by atoms with Gasteiger partial charge in [0.2, 0.25) is 0 Å². The lowest BCUT2D eigenvalue weighted by atomic mass is 10.1.